The summed E-state index contributed by atoms with van der Waals surface area (Å²) in [5, 5.41) is 10.5. The number of nitrogens with zero attached hydrogens (tertiary/aromatic N) is 2. The summed E-state index contributed by atoms with van der Waals surface area (Å²) < 4.78 is 13.1. The first kappa shape index (κ1) is 16.9. The Kier molecular flexibility index (Phi) is 4.87. The largest absolute Gasteiger partial charge is 0.337 e. The second kappa shape index (κ2) is 6.91. The van der Waals surface area contributed by atoms with Crippen LogP contribution < -0.4 is 5.32 Å². The van der Waals surface area contributed by atoms with Crippen LogP contribution in [0.3, 0.4) is 0 Å². The number of nitrogens with one attached hydrogen (secondary N) is 2. The minimum Gasteiger partial charge on any atom is -0.337 e. The minimum atomic E-state index is -0.296. The Balaban J connectivity index is 0.00000169. The lowest BCUT2D eigenvalue weighted by molar-refractivity contribution is 0.0749. The summed E-state index contributed by atoms with van der Waals surface area (Å²) in [5.41, 5.74) is 1.97. The number of H-pyrrole nitrogens is 1. The molecule has 128 valence electrons. The average molecular weight is 351 g/mol. The summed E-state index contributed by atoms with van der Waals surface area (Å²) in [5.74, 6) is -0.303. The molecule has 7 heteroatoms. The van der Waals surface area contributed by atoms with Gasteiger partial charge >= 0.3 is 0 Å². The van der Waals surface area contributed by atoms with E-state index in [-0.39, 0.29) is 24.1 Å². The number of carbonyl (C=O) groups excluding carboxylic acids is 1. The lowest BCUT2D eigenvalue weighted by Gasteiger charge is -2.24. The molecule has 0 saturated carbocycles. The Morgan fingerprint density at radius 2 is 1.92 bits per heavy atom. The second-order valence-corrected chi connectivity index (χ2v) is 6.34. The van der Waals surface area contributed by atoms with Crippen molar-refractivity contribution in [2.75, 3.05) is 13.1 Å². The molecule has 2 aromatic rings. The van der Waals surface area contributed by atoms with Gasteiger partial charge in [0.05, 0.1) is 17.5 Å². The van der Waals surface area contributed by atoms with Gasteiger partial charge in [0.25, 0.3) is 5.91 Å². The Morgan fingerprint density at radius 3 is 2.71 bits per heavy atom. The first-order valence-electron chi connectivity index (χ1n) is 8.05. The van der Waals surface area contributed by atoms with Crippen LogP contribution in [-0.2, 0) is 0 Å². The van der Waals surface area contributed by atoms with Crippen LogP contribution in [0.15, 0.2) is 30.5 Å². The van der Waals surface area contributed by atoms with Crippen molar-refractivity contribution in [2.45, 2.75) is 31.3 Å². The van der Waals surface area contributed by atoms with Crippen LogP contribution in [-0.4, -0.2) is 46.2 Å². The number of carbonyl (C=O) groups is 1. The van der Waals surface area contributed by atoms with E-state index in [1.165, 1.54) is 18.6 Å². The molecule has 0 spiro atoms. The summed E-state index contributed by atoms with van der Waals surface area (Å²) in [6, 6.07) is 7.03. The first-order chi connectivity index (χ1) is 11.2. The third-order valence-corrected chi connectivity index (χ3v) is 4.81. The molecule has 2 atom stereocenters. The number of aromatic nitrogens is 2. The highest BCUT2D eigenvalue weighted by Crippen LogP contribution is 2.25. The number of likely N-dealkylation sites (tertiary alicyclic amines) is 1. The Hall–Kier alpha value is -1.92. The lowest BCUT2D eigenvalue weighted by Crippen LogP contribution is -2.39. The summed E-state index contributed by atoms with van der Waals surface area (Å²) in [6.07, 6.45) is 4.90. The van der Waals surface area contributed by atoms with Crippen LogP contribution in [0.25, 0.3) is 11.3 Å². The highest BCUT2D eigenvalue weighted by molar-refractivity contribution is 5.99. The molecule has 2 N–H and O–H groups in total. The molecule has 2 aliphatic heterocycles. The number of hydrogen-bond donors (Lipinski definition) is 2. The highest BCUT2D eigenvalue weighted by atomic mass is 35.5. The number of amides is 1. The van der Waals surface area contributed by atoms with E-state index in [2.05, 4.69) is 15.5 Å². The first-order valence-corrected chi connectivity index (χ1v) is 8.05. The van der Waals surface area contributed by atoms with Crippen molar-refractivity contribution in [3.8, 4) is 11.3 Å². The molecule has 3 heterocycles. The molecule has 4 rings (SSSR count). The van der Waals surface area contributed by atoms with Crippen LogP contribution >= 0.6 is 12.4 Å². The number of rotatable bonds is 2. The molecule has 5 nitrogen and oxygen atoms in total. The predicted molar refractivity (Wildman–Crippen MR) is 91.7 cm³/mol. The molecule has 2 unspecified atom stereocenters. The molecule has 2 saturated heterocycles. The smallest absolute Gasteiger partial charge is 0.257 e. The van der Waals surface area contributed by atoms with Crippen LogP contribution in [0, 0.1) is 5.82 Å². The molecule has 0 aliphatic carbocycles. The van der Waals surface area contributed by atoms with Gasteiger partial charge in [-0.15, -0.1) is 12.4 Å². The van der Waals surface area contributed by atoms with Crippen LogP contribution in [0.5, 0.6) is 0 Å². The Bertz CT molecular complexity index is 718. The number of halogens is 2. The second-order valence-electron chi connectivity index (χ2n) is 6.34. The third kappa shape index (κ3) is 3.16. The van der Waals surface area contributed by atoms with Crippen molar-refractivity contribution in [3.63, 3.8) is 0 Å². The predicted octanol–water partition coefficient (Wildman–Crippen LogP) is 2.60. The average Bonchev–Trinajstić information content (AvgIpc) is 3.14. The lowest BCUT2D eigenvalue weighted by atomic mass is 10.1. The fraction of sp³-hybridized carbons (Fsp3) is 0.412. The van der Waals surface area contributed by atoms with E-state index in [1.54, 1.807) is 18.3 Å². The molecule has 2 bridgehead atoms. The van der Waals surface area contributed by atoms with Gasteiger partial charge in [-0.3, -0.25) is 9.89 Å². The van der Waals surface area contributed by atoms with Crippen LogP contribution in [0.4, 0.5) is 4.39 Å². The fourth-order valence-electron chi connectivity index (χ4n) is 3.58. The van der Waals surface area contributed by atoms with Crippen LogP contribution in [0.1, 0.15) is 29.6 Å². The Morgan fingerprint density at radius 1 is 1.17 bits per heavy atom. The van der Waals surface area contributed by atoms with Gasteiger partial charge in [-0.05, 0) is 43.5 Å². The summed E-state index contributed by atoms with van der Waals surface area (Å²) in [6.45, 7) is 1.50. The van der Waals surface area contributed by atoms with Crippen molar-refractivity contribution < 1.29 is 9.18 Å². The van der Waals surface area contributed by atoms with Gasteiger partial charge in [-0.1, -0.05) is 0 Å². The van der Waals surface area contributed by atoms with E-state index in [1.807, 2.05) is 4.90 Å². The molecule has 2 fully saturated rings. The van der Waals surface area contributed by atoms with Gasteiger partial charge in [0.15, 0.2) is 0 Å². The number of aromatic amines is 1. The number of benzene rings is 1. The summed E-state index contributed by atoms with van der Waals surface area (Å²) >= 11 is 0. The van der Waals surface area contributed by atoms with E-state index in [0.717, 1.165) is 31.5 Å². The van der Waals surface area contributed by atoms with E-state index < -0.39 is 0 Å². The normalized spacial score (nSPS) is 22.8. The number of fused-ring (bicyclic) bond motifs is 2. The maximum Gasteiger partial charge on any atom is 0.257 e. The highest BCUT2D eigenvalue weighted by Gasteiger charge is 2.32. The van der Waals surface area contributed by atoms with Gasteiger partial charge in [-0.25, -0.2) is 4.39 Å². The molecule has 1 aromatic heterocycles. The summed E-state index contributed by atoms with van der Waals surface area (Å²) in [7, 11) is 0. The zero-order valence-corrected chi connectivity index (χ0v) is 14.0. The molecule has 1 amide bonds. The SMILES string of the molecule is Cl.O=C(c1cn[nH]c1-c1ccc(F)cc1)N1CCC2CCC(C1)N2. The van der Waals surface area contributed by atoms with Crippen molar-refractivity contribution in [1.82, 2.24) is 20.4 Å². The summed E-state index contributed by atoms with van der Waals surface area (Å²) in [4.78, 5) is 14.8. The topological polar surface area (TPSA) is 61.0 Å². The Labute approximate surface area is 146 Å². The van der Waals surface area contributed by atoms with Gasteiger partial charge in [0.1, 0.15) is 5.82 Å². The van der Waals surface area contributed by atoms with Crippen molar-refractivity contribution in [1.29, 1.82) is 0 Å². The van der Waals surface area contributed by atoms with Crippen molar-refractivity contribution >= 4 is 18.3 Å². The molecule has 2 aliphatic rings. The minimum absolute atomic E-state index is 0. The third-order valence-electron chi connectivity index (χ3n) is 4.81. The standard InChI is InChI=1S/C17H19FN4O.ClH/c18-12-3-1-11(2-4-12)16-15(9-19-21-16)17(23)22-8-7-13-5-6-14(10-22)20-13;/h1-4,9,13-14,20H,5-8,10H2,(H,19,21);1H. The number of hydrogen-bond acceptors (Lipinski definition) is 3. The maximum atomic E-state index is 13.1. The zero-order valence-electron chi connectivity index (χ0n) is 13.2. The van der Waals surface area contributed by atoms with E-state index in [4.69, 9.17) is 0 Å². The molecule has 1 aromatic carbocycles. The van der Waals surface area contributed by atoms with Gasteiger partial charge in [0.2, 0.25) is 0 Å². The molecular formula is C17H20ClFN4O. The molecular weight excluding hydrogens is 331 g/mol. The van der Waals surface area contributed by atoms with E-state index in [0.29, 0.717) is 23.3 Å². The van der Waals surface area contributed by atoms with Crippen LogP contribution in [0.2, 0.25) is 0 Å². The maximum absolute atomic E-state index is 13.1. The quantitative estimate of drug-likeness (QED) is 0.875. The van der Waals surface area contributed by atoms with E-state index in [9.17, 15) is 9.18 Å². The van der Waals surface area contributed by atoms with Gasteiger partial charge in [0, 0.05) is 30.7 Å². The zero-order chi connectivity index (χ0) is 15.8. The molecule has 24 heavy (non-hydrogen) atoms. The monoisotopic (exact) mass is 350 g/mol. The van der Waals surface area contributed by atoms with Crippen molar-refractivity contribution in [2.24, 2.45) is 0 Å². The molecule has 0 radical (unpaired) electrons. The van der Waals surface area contributed by atoms with E-state index >= 15 is 0 Å². The fourth-order valence-corrected chi connectivity index (χ4v) is 3.58. The van der Waals surface area contributed by atoms with Crippen molar-refractivity contribution in [3.05, 3.63) is 41.8 Å². The van der Waals surface area contributed by atoms with Gasteiger partial charge in [-0.2, -0.15) is 5.10 Å². The van der Waals surface area contributed by atoms with Gasteiger partial charge < -0.3 is 10.2 Å².